The third-order valence-electron chi connectivity index (χ3n) is 2.06. The SMILES string of the molecule is Cc1cccnc1-c1ccc(C(=O)O)o1. The summed E-state index contributed by atoms with van der Waals surface area (Å²) in [4.78, 5) is 14.8. The molecule has 0 spiro atoms. The van der Waals surface area contributed by atoms with Crippen LogP contribution in [0.3, 0.4) is 0 Å². The van der Waals surface area contributed by atoms with E-state index in [1.807, 2.05) is 19.1 Å². The largest absolute Gasteiger partial charge is 0.475 e. The molecular formula is C11H9NO3. The molecule has 0 aliphatic rings. The minimum absolute atomic E-state index is 0.0740. The van der Waals surface area contributed by atoms with Crippen molar-refractivity contribution in [2.45, 2.75) is 6.92 Å². The maximum Gasteiger partial charge on any atom is 0.371 e. The van der Waals surface area contributed by atoms with Gasteiger partial charge in [-0.1, -0.05) is 6.07 Å². The zero-order valence-electron chi connectivity index (χ0n) is 8.10. The van der Waals surface area contributed by atoms with Gasteiger partial charge in [-0.2, -0.15) is 0 Å². The molecule has 2 rings (SSSR count). The number of hydrogen-bond acceptors (Lipinski definition) is 3. The summed E-state index contributed by atoms with van der Waals surface area (Å²) < 4.78 is 5.15. The van der Waals surface area contributed by atoms with E-state index >= 15 is 0 Å². The van der Waals surface area contributed by atoms with Crippen LogP contribution in [0, 0.1) is 6.92 Å². The van der Waals surface area contributed by atoms with E-state index in [1.165, 1.54) is 6.07 Å². The molecule has 2 aromatic heterocycles. The van der Waals surface area contributed by atoms with E-state index < -0.39 is 5.97 Å². The van der Waals surface area contributed by atoms with Crippen molar-refractivity contribution < 1.29 is 14.3 Å². The van der Waals surface area contributed by atoms with Crippen molar-refractivity contribution in [1.82, 2.24) is 4.98 Å². The first-order valence-corrected chi connectivity index (χ1v) is 4.43. The average molecular weight is 203 g/mol. The molecule has 0 amide bonds. The van der Waals surface area contributed by atoms with Crippen LogP contribution in [0.5, 0.6) is 0 Å². The number of aryl methyl sites for hydroxylation is 1. The van der Waals surface area contributed by atoms with Crippen molar-refractivity contribution in [2.24, 2.45) is 0 Å². The van der Waals surface area contributed by atoms with Crippen molar-refractivity contribution in [1.29, 1.82) is 0 Å². The molecule has 0 atom stereocenters. The van der Waals surface area contributed by atoms with Gasteiger partial charge < -0.3 is 9.52 Å². The molecule has 76 valence electrons. The fourth-order valence-electron chi connectivity index (χ4n) is 1.32. The quantitative estimate of drug-likeness (QED) is 0.813. The molecule has 4 heteroatoms. The number of pyridine rings is 1. The van der Waals surface area contributed by atoms with Gasteiger partial charge in [0.2, 0.25) is 5.76 Å². The second-order valence-electron chi connectivity index (χ2n) is 3.14. The van der Waals surface area contributed by atoms with Crippen molar-refractivity contribution in [2.75, 3.05) is 0 Å². The van der Waals surface area contributed by atoms with Crippen LogP contribution >= 0.6 is 0 Å². The van der Waals surface area contributed by atoms with Crippen LogP contribution in [0.4, 0.5) is 0 Å². The molecule has 4 nitrogen and oxygen atoms in total. The van der Waals surface area contributed by atoms with Crippen molar-refractivity contribution in [3.05, 3.63) is 41.8 Å². The lowest BCUT2D eigenvalue weighted by molar-refractivity contribution is 0.0663. The van der Waals surface area contributed by atoms with Crippen LogP contribution in [0.15, 0.2) is 34.9 Å². The standard InChI is InChI=1S/C11H9NO3/c1-7-3-2-6-12-10(7)8-4-5-9(15-8)11(13)14/h2-6H,1H3,(H,13,14). The molecule has 2 heterocycles. The minimum atomic E-state index is -1.07. The third-order valence-corrected chi connectivity index (χ3v) is 2.06. The van der Waals surface area contributed by atoms with E-state index in [0.717, 1.165) is 5.56 Å². The number of carboxylic acid groups (broad SMARTS) is 1. The lowest BCUT2D eigenvalue weighted by atomic mass is 10.2. The van der Waals surface area contributed by atoms with Gasteiger partial charge >= 0.3 is 5.97 Å². The highest BCUT2D eigenvalue weighted by Gasteiger charge is 2.12. The second-order valence-corrected chi connectivity index (χ2v) is 3.14. The van der Waals surface area contributed by atoms with Gasteiger partial charge in [0.25, 0.3) is 0 Å². The Labute approximate surface area is 86.2 Å². The topological polar surface area (TPSA) is 63.3 Å². The van der Waals surface area contributed by atoms with E-state index in [1.54, 1.807) is 12.3 Å². The fraction of sp³-hybridized carbons (Fsp3) is 0.0909. The van der Waals surface area contributed by atoms with Crippen molar-refractivity contribution in [3.8, 4) is 11.5 Å². The molecule has 2 aromatic rings. The van der Waals surface area contributed by atoms with Crippen molar-refractivity contribution >= 4 is 5.97 Å². The van der Waals surface area contributed by atoms with Crippen LogP contribution in [0.2, 0.25) is 0 Å². The molecule has 0 radical (unpaired) electrons. The summed E-state index contributed by atoms with van der Waals surface area (Å²) in [6.45, 7) is 1.89. The normalized spacial score (nSPS) is 10.2. The molecular weight excluding hydrogens is 194 g/mol. The molecule has 15 heavy (non-hydrogen) atoms. The molecule has 0 saturated heterocycles. The minimum Gasteiger partial charge on any atom is -0.475 e. The zero-order chi connectivity index (χ0) is 10.8. The molecule has 1 N–H and O–H groups in total. The first kappa shape index (κ1) is 9.45. The maximum atomic E-state index is 10.6. The van der Waals surface area contributed by atoms with Gasteiger partial charge in [-0.15, -0.1) is 0 Å². The predicted octanol–water partition coefficient (Wildman–Crippen LogP) is 2.35. The Morgan fingerprint density at radius 3 is 2.80 bits per heavy atom. The number of nitrogens with zero attached hydrogens (tertiary/aromatic N) is 1. The Bertz CT molecular complexity index is 502. The van der Waals surface area contributed by atoms with E-state index in [-0.39, 0.29) is 5.76 Å². The Kier molecular flexibility index (Phi) is 2.25. The van der Waals surface area contributed by atoms with Crippen LogP contribution in [-0.2, 0) is 0 Å². The number of aromatic nitrogens is 1. The number of carboxylic acids is 1. The van der Waals surface area contributed by atoms with Gasteiger partial charge in [-0.05, 0) is 30.7 Å². The molecule has 0 bridgehead atoms. The van der Waals surface area contributed by atoms with Crippen LogP contribution in [0.1, 0.15) is 16.1 Å². The van der Waals surface area contributed by atoms with Crippen LogP contribution in [0.25, 0.3) is 11.5 Å². The second kappa shape index (κ2) is 3.57. The van der Waals surface area contributed by atoms with Gasteiger partial charge in [-0.25, -0.2) is 4.79 Å². The summed E-state index contributed by atoms with van der Waals surface area (Å²) in [5.41, 5.74) is 1.62. The summed E-state index contributed by atoms with van der Waals surface area (Å²) in [7, 11) is 0. The number of carbonyl (C=O) groups is 1. The Morgan fingerprint density at radius 2 is 2.20 bits per heavy atom. The average Bonchev–Trinajstić information content (AvgIpc) is 2.67. The Balaban J connectivity index is 2.46. The smallest absolute Gasteiger partial charge is 0.371 e. The van der Waals surface area contributed by atoms with Gasteiger partial charge in [-0.3, -0.25) is 4.98 Å². The monoisotopic (exact) mass is 203 g/mol. The van der Waals surface area contributed by atoms with Gasteiger partial charge in [0.15, 0.2) is 5.76 Å². The van der Waals surface area contributed by atoms with E-state index in [0.29, 0.717) is 11.5 Å². The Hall–Kier alpha value is -2.10. The van der Waals surface area contributed by atoms with Gasteiger partial charge in [0.05, 0.1) is 0 Å². The highest BCUT2D eigenvalue weighted by Crippen LogP contribution is 2.22. The van der Waals surface area contributed by atoms with Gasteiger partial charge in [0.1, 0.15) is 5.69 Å². The summed E-state index contributed by atoms with van der Waals surface area (Å²) in [5, 5.41) is 8.70. The molecule has 0 fully saturated rings. The number of aromatic carboxylic acids is 1. The highest BCUT2D eigenvalue weighted by molar-refractivity contribution is 5.85. The van der Waals surface area contributed by atoms with Crippen LogP contribution in [-0.4, -0.2) is 16.1 Å². The lowest BCUT2D eigenvalue weighted by Crippen LogP contribution is -1.92. The van der Waals surface area contributed by atoms with Crippen molar-refractivity contribution in [3.63, 3.8) is 0 Å². The number of furan rings is 1. The number of rotatable bonds is 2. The van der Waals surface area contributed by atoms with E-state index in [4.69, 9.17) is 9.52 Å². The van der Waals surface area contributed by atoms with Gasteiger partial charge in [0, 0.05) is 6.20 Å². The first-order valence-electron chi connectivity index (χ1n) is 4.43. The molecule has 0 saturated carbocycles. The summed E-state index contributed by atoms with van der Waals surface area (Å²) >= 11 is 0. The first-order chi connectivity index (χ1) is 7.18. The summed E-state index contributed by atoms with van der Waals surface area (Å²) in [6.07, 6.45) is 1.64. The molecule has 0 aromatic carbocycles. The van der Waals surface area contributed by atoms with E-state index in [2.05, 4.69) is 4.98 Å². The molecule has 0 aliphatic carbocycles. The third kappa shape index (κ3) is 1.74. The Morgan fingerprint density at radius 1 is 1.40 bits per heavy atom. The summed E-state index contributed by atoms with van der Waals surface area (Å²) in [5.74, 6) is -0.671. The molecule has 0 unspecified atom stereocenters. The molecule has 0 aliphatic heterocycles. The highest BCUT2D eigenvalue weighted by atomic mass is 16.4. The van der Waals surface area contributed by atoms with Crippen LogP contribution < -0.4 is 0 Å². The number of hydrogen-bond donors (Lipinski definition) is 1. The zero-order valence-corrected chi connectivity index (χ0v) is 8.10. The van der Waals surface area contributed by atoms with E-state index in [9.17, 15) is 4.79 Å². The maximum absolute atomic E-state index is 10.6. The fourth-order valence-corrected chi connectivity index (χ4v) is 1.32. The summed E-state index contributed by atoms with van der Waals surface area (Å²) in [6, 6.07) is 6.75. The lowest BCUT2D eigenvalue weighted by Gasteiger charge is -1.99. The predicted molar refractivity (Wildman–Crippen MR) is 53.6 cm³/mol.